The molecule has 8 heteroatoms. The van der Waals surface area contributed by atoms with E-state index >= 15 is 0 Å². The van der Waals surface area contributed by atoms with Gasteiger partial charge in [-0.15, -0.1) is 0 Å². The first-order valence-corrected chi connectivity index (χ1v) is 7.28. The molecule has 0 atom stereocenters. The fraction of sp³-hybridized carbons (Fsp3) is 0.176. The summed E-state index contributed by atoms with van der Waals surface area (Å²) in [5.74, 6) is -1.08. The van der Waals surface area contributed by atoms with Gasteiger partial charge in [-0.2, -0.15) is 23.3 Å². The number of aryl methyl sites for hydroxylation is 1. The summed E-state index contributed by atoms with van der Waals surface area (Å²) in [7, 11) is 0. The number of amides is 1. The molecule has 25 heavy (non-hydrogen) atoms. The van der Waals surface area contributed by atoms with Crippen molar-refractivity contribution in [1.29, 1.82) is 0 Å². The molecule has 0 aromatic heterocycles. The number of rotatable bonds is 2. The van der Waals surface area contributed by atoms with Crippen LogP contribution in [-0.2, 0) is 10.9 Å². The average Bonchev–Trinajstić information content (AvgIpc) is 2.55. The molecule has 0 saturated heterocycles. The second-order valence-electron chi connectivity index (χ2n) is 5.41. The number of carbonyl (C=O) groups is 1. The van der Waals surface area contributed by atoms with Gasteiger partial charge in [-0.3, -0.25) is 0 Å². The Morgan fingerprint density at radius 2 is 1.84 bits per heavy atom. The van der Waals surface area contributed by atoms with E-state index in [0.29, 0.717) is 10.6 Å². The van der Waals surface area contributed by atoms with Crippen LogP contribution in [0.2, 0.25) is 0 Å². The summed E-state index contributed by atoms with van der Waals surface area (Å²) in [5, 5.41) is 14.5. The Hall–Kier alpha value is -3.03. The molecule has 0 saturated carbocycles. The smallest absolute Gasteiger partial charge is 0.435 e. The molecule has 0 bridgehead atoms. The van der Waals surface area contributed by atoms with Crippen LogP contribution in [0.15, 0.2) is 41.5 Å². The van der Waals surface area contributed by atoms with Crippen LogP contribution < -0.4 is 5.01 Å². The fourth-order valence-corrected chi connectivity index (χ4v) is 2.50. The zero-order valence-electron chi connectivity index (χ0n) is 13.0. The van der Waals surface area contributed by atoms with E-state index in [2.05, 4.69) is 5.10 Å². The number of alkyl halides is 3. The van der Waals surface area contributed by atoms with Crippen LogP contribution in [0.1, 0.15) is 11.1 Å². The molecular formula is C17H13F3N2O3. The topological polar surface area (TPSA) is 62.1 Å². The minimum atomic E-state index is -4.83. The number of benzene rings is 2. The van der Waals surface area contributed by atoms with Crippen LogP contribution >= 0.6 is 0 Å². The Morgan fingerprint density at radius 3 is 2.44 bits per heavy atom. The van der Waals surface area contributed by atoms with E-state index in [1.807, 2.05) is 6.92 Å². The minimum absolute atomic E-state index is 0.0797. The molecule has 2 aromatic carbocycles. The maximum Gasteiger partial charge on any atom is 0.435 e. The molecule has 0 unspecified atom stereocenters. The summed E-state index contributed by atoms with van der Waals surface area (Å²) in [4.78, 5) is 11.7. The number of hydrogen-bond acceptors (Lipinski definition) is 4. The second kappa shape index (κ2) is 6.12. The lowest BCUT2D eigenvalue weighted by Gasteiger charge is -2.23. The Kier molecular flexibility index (Phi) is 4.12. The average molecular weight is 350 g/mol. The molecule has 1 aliphatic rings. The van der Waals surface area contributed by atoms with Crippen LogP contribution in [0.4, 0.5) is 23.7 Å². The van der Waals surface area contributed by atoms with Crippen molar-refractivity contribution < 1.29 is 27.8 Å². The van der Waals surface area contributed by atoms with Crippen LogP contribution in [0.25, 0.3) is 11.1 Å². The molecule has 0 spiro atoms. The highest BCUT2D eigenvalue weighted by Gasteiger charge is 2.39. The largest absolute Gasteiger partial charge is 0.505 e. The van der Waals surface area contributed by atoms with Crippen LogP contribution in [0, 0.1) is 6.92 Å². The number of nitrogens with zero attached hydrogens (tertiary/aromatic N) is 2. The summed E-state index contributed by atoms with van der Waals surface area (Å²) in [6.07, 6.45) is -4.58. The molecule has 1 N–H and O–H groups in total. The Morgan fingerprint density at radius 1 is 1.16 bits per heavy atom. The lowest BCUT2D eigenvalue weighted by molar-refractivity contribution is -0.138. The Balaban J connectivity index is 2.20. The van der Waals surface area contributed by atoms with Crippen LogP contribution in [0.5, 0.6) is 5.75 Å². The standard InChI is InChI=1S/C17H13F3N2O3/c1-10-2-4-11(5-3-10)12-6-7-13(15(23)14(12)17(18,19)20)22-16(24)25-9-8-21-22/h2-8,23H,9H2,1H3. The number of hydrazone groups is 1. The van der Waals surface area contributed by atoms with E-state index in [0.717, 1.165) is 5.56 Å². The first kappa shape index (κ1) is 16.8. The Labute approximate surface area is 140 Å². The van der Waals surface area contributed by atoms with Crippen molar-refractivity contribution in [2.45, 2.75) is 13.1 Å². The number of anilines is 1. The summed E-state index contributed by atoms with van der Waals surface area (Å²) in [6, 6.07) is 8.81. The van der Waals surface area contributed by atoms with Crippen molar-refractivity contribution in [2.75, 3.05) is 11.6 Å². The molecular weight excluding hydrogens is 337 g/mol. The maximum absolute atomic E-state index is 13.6. The van der Waals surface area contributed by atoms with Gasteiger partial charge >= 0.3 is 12.3 Å². The molecule has 1 amide bonds. The van der Waals surface area contributed by atoms with Crippen molar-refractivity contribution in [3.63, 3.8) is 0 Å². The van der Waals surface area contributed by atoms with Gasteiger partial charge in [0.15, 0.2) is 5.75 Å². The molecule has 5 nitrogen and oxygen atoms in total. The molecule has 3 rings (SSSR count). The van der Waals surface area contributed by atoms with Gasteiger partial charge < -0.3 is 9.84 Å². The van der Waals surface area contributed by atoms with E-state index in [4.69, 9.17) is 4.74 Å². The number of halogens is 3. The molecule has 1 heterocycles. The van der Waals surface area contributed by atoms with Crippen molar-refractivity contribution in [3.05, 3.63) is 47.5 Å². The fourth-order valence-electron chi connectivity index (χ4n) is 2.50. The van der Waals surface area contributed by atoms with Crippen molar-refractivity contribution in [2.24, 2.45) is 5.10 Å². The van der Waals surface area contributed by atoms with Gasteiger partial charge in [-0.25, -0.2) is 4.79 Å². The first-order valence-electron chi connectivity index (χ1n) is 7.28. The van der Waals surface area contributed by atoms with E-state index in [1.165, 1.54) is 30.5 Å². The zero-order valence-corrected chi connectivity index (χ0v) is 13.0. The number of hydrogen-bond donors (Lipinski definition) is 1. The van der Waals surface area contributed by atoms with Crippen molar-refractivity contribution >= 4 is 18.0 Å². The third kappa shape index (κ3) is 3.15. The molecule has 2 aromatic rings. The van der Waals surface area contributed by atoms with Gasteiger partial charge in [0.1, 0.15) is 17.9 Å². The normalized spacial score (nSPS) is 14.6. The third-order valence-corrected chi connectivity index (χ3v) is 3.68. The molecule has 1 aliphatic heterocycles. The Bertz CT molecular complexity index is 845. The predicted molar refractivity (Wildman–Crippen MR) is 85.6 cm³/mol. The van der Waals surface area contributed by atoms with E-state index in [1.54, 1.807) is 12.1 Å². The zero-order chi connectivity index (χ0) is 18.2. The van der Waals surface area contributed by atoms with Gasteiger partial charge in [-0.1, -0.05) is 35.9 Å². The monoisotopic (exact) mass is 350 g/mol. The number of phenolic OH excluding ortho intramolecular Hbond substituents is 1. The van der Waals surface area contributed by atoms with E-state index < -0.39 is 29.3 Å². The summed E-state index contributed by atoms with van der Waals surface area (Å²) in [6.45, 7) is 1.73. The highest BCUT2D eigenvalue weighted by atomic mass is 19.4. The SMILES string of the molecule is Cc1ccc(-c2ccc(N3N=CCOC3=O)c(O)c2C(F)(F)F)cc1. The summed E-state index contributed by atoms with van der Waals surface area (Å²) < 4.78 is 45.5. The first-order chi connectivity index (χ1) is 11.8. The van der Waals surface area contributed by atoms with Crippen LogP contribution in [-0.4, -0.2) is 24.0 Å². The molecule has 0 aliphatic carbocycles. The highest BCUT2D eigenvalue weighted by molar-refractivity contribution is 5.94. The highest BCUT2D eigenvalue weighted by Crippen LogP contribution is 2.47. The van der Waals surface area contributed by atoms with Gasteiger partial charge in [0.05, 0.1) is 6.21 Å². The lowest BCUT2D eigenvalue weighted by atomic mass is 9.96. The van der Waals surface area contributed by atoms with Gasteiger partial charge in [0, 0.05) is 0 Å². The number of ether oxygens (including phenoxy) is 1. The van der Waals surface area contributed by atoms with Crippen molar-refractivity contribution in [1.82, 2.24) is 0 Å². The summed E-state index contributed by atoms with van der Waals surface area (Å²) >= 11 is 0. The quantitative estimate of drug-likeness (QED) is 0.877. The van der Waals surface area contributed by atoms with E-state index in [-0.39, 0.29) is 12.2 Å². The van der Waals surface area contributed by atoms with Crippen molar-refractivity contribution in [3.8, 4) is 16.9 Å². The minimum Gasteiger partial charge on any atom is -0.505 e. The summed E-state index contributed by atoms with van der Waals surface area (Å²) in [5.41, 5.74) is -0.636. The van der Waals surface area contributed by atoms with Gasteiger partial charge in [0.2, 0.25) is 0 Å². The lowest BCUT2D eigenvalue weighted by Crippen LogP contribution is -2.31. The molecule has 0 radical (unpaired) electrons. The van der Waals surface area contributed by atoms with Gasteiger partial charge in [-0.05, 0) is 24.1 Å². The molecule has 0 fully saturated rings. The number of aromatic hydroxyl groups is 1. The number of phenols is 1. The van der Waals surface area contributed by atoms with Crippen LogP contribution in [0.3, 0.4) is 0 Å². The number of carbonyl (C=O) groups excluding carboxylic acids is 1. The molecule has 130 valence electrons. The van der Waals surface area contributed by atoms with Gasteiger partial charge in [0.25, 0.3) is 0 Å². The third-order valence-electron chi connectivity index (χ3n) is 3.68. The van der Waals surface area contributed by atoms with E-state index in [9.17, 15) is 23.1 Å². The second-order valence-corrected chi connectivity index (χ2v) is 5.41. The predicted octanol–water partition coefficient (Wildman–Crippen LogP) is 4.33. The maximum atomic E-state index is 13.6. The number of cyclic esters (lactones) is 1.